The number of fused-ring (bicyclic) bond motifs is 1. The van der Waals surface area contributed by atoms with Crippen LogP contribution < -0.4 is 15.5 Å². The number of benzene rings is 3. The smallest absolute Gasteiger partial charge is 0.416 e. The first-order valence-corrected chi connectivity index (χ1v) is 9.62. The monoisotopic (exact) mass is 443 g/mol. The first kappa shape index (κ1) is 22.8. The number of carbonyl (C=O) groups is 2. The van der Waals surface area contributed by atoms with E-state index in [1.807, 2.05) is 36.4 Å². The number of nitrogens with one attached hydrogen (secondary N) is 2. The van der Waals surface area contributed by atoms with E-state index in [2.05, 4.69) is 15.8 Å². The van der Waals surface area contributed by atoms with Crippen molar-refractivity contribution in [2.75, 3.05) is 11.9 Å². The fourth-order valence-corrected chi connectivity index (χ4v) is 2.91. The number of hydrogen-bond acceptors (Lipinski definition) is 4. The van der Waals surface area contributed by atoms with Gasteiger partial charge >= 0.3 is 6.18 Å². The molecule has 0 atom stereocenters. The van der Waals surface area contributed by atoms with E-state index in [9.17, 15) is 22.8 Å². The normalized spacial score (nSPS) is 11.8. The predicted octanol–water partition coefficient (Wildman–Crippen LogP) is 4.76. The summed E-state index contributed by atoms with van der Waals surface area (Å²) >= 11 is 0. The van der Waals surface area contributed by atoms with Gasteiger partial charge in [-0.05, 0) is 36.6 Å². The fourth-order valence-electron chi connectivity index (χ4n) is 2.91. The number of rotatable bonds is 7. The number of alkyl halides is 3. The minimum atomic E-state index is -4.50. The van der Waals surface area contributed by atoms with Gasteiger partial charge in [0.05, 0.1) is 12.0 Å². The Morgan fingerprint density at radius 1 is 0.969 bits per heavy atom. The third-order valence-corrected chi connectivity index (χ3v) is 4.37. The number of anilines is 1. The maximum absolute atomic E-state index is 12.8. The van der Waals surface area contributed by atoms with Crippen LogP contribution in [-0.2, 0) is 15.8 Å². The first-order chi connectivity index (χ1) is 15.2. The Bertz CT molecular complexity index is 1150. The van der Waals surface area contributed by atoms with Gasteiger partial charge < -0.3 is 10.1 Å². The highest BCUT2D eigenvalue weighted by Crippen LogP contribution is 2.30. The first-order valence-electron chi connectivity index (χ1n) is 9.62. The molecule has 0 aliphatic heterocycles. The molecular weight excluding hydrogens is 423 g/mol. The summed E-state index contributed by atoms with van der Waals surface area (Å²) in [5.41, 5.74) is 1.72. The van der Waals surface area contributed by atoms with Gasteiger partial charge in [-0.3, -0.25) is 9.59 Å². The number of nitrogens with zero attached hydrogens (tertiary/aromatic N) is 1. The highest BCUT2D eigenvalue weighted by atomic mass is 19.4. The number of hydrogen-bond donors (Lipinski definition) is 2. The van der Waals surface area contributed by atoms with E-state index in [1.54, 1.807) is 6.07 Å². The molecule has 0 aromatic heterocycles. The van der Waals surface area contributed by atoms with Gasteiger partial charge in [-0.1, -0.05) is 42.5 Å². The van der Waals surface area contributed by atoms with E-state index < -0.39 is 23.6 Å². The van der Waals surface area contributed by atoms with Crippen LogP contribution in [0.4, 0.5) is 18.9 Å². The van der Waals surface area contributed by atoms with Gasteiger partial charge in [0.15, 0.2) is 6.61 Å². The summed E-state index contributed by atoms with van der Waals surface area (Å²) in [7, 11) is 0. The van der Waals surface area contributed by atoms with Crippen molar-refractivity contribution >= 4 is 34.0 Å². The molecule has 3 rings (SSSR count). The Hall–Kier alpha value is -3.88. The lowest BCUT2D eigenvalue weighted by Crippen LogP contribution is -2.26. The Labute approximate surface area is 182 Å². The number of ether oxygens (including phenoxy) is 1. The molecular formula is C23H20F3N3O3. The lowest BCUT2D eigenvalue weighted by atomic mass is 10.1. The molecule has 0 radical (unpaired) electrons. The van der Waals surface area contributed by atoms with Gasteiger partial charge in [0.1, 0.15) is 5.75 Å². The molecule has 0 fully saturated rings. The second kappa shape index (κ2) is 9.95. The minimum absolute atomic E-state index is 0.0187. The molecule has 0 bridgehead atoms. The molecule has 0 spiro atoms. The van der Waals surface area contributed by atoms with Crippen LogP contribution in [0.15, 0.2) is 71.8 Å². The van der Waals surface area contributed by atoms with Crippen molar-refractivity contribution < 1.29 is 27.5 Å². The Morgan fingerprint density at radius 3 is 2.47 bits per heavy atom. The summed E-state index contributed by atoms with van der Waals surface area (Å²) in [5.74, 6) is -0.526. The van der Waals surface area contributed by atoms with Crippen molar-refractivity contribution in [2.45, 2.75) is 19.5 Å². The van der Waals surface area contributed by atoms with Crippen molar-refractivity contribution in [1.82, 2.24) is 5.43 Å². The summed E-state index contributed by atoms with van der Waals surface area (Å²) in [5, 5.41) is 8.06. The second-order valence-corrected chi connectivity index (χ2v) is 6.95. The van der Waals surface area contributed by atoms with E-state index in [4.69, 9.17) is 4.74 Å². The van der Waals surface area contributed by atoms with Crippen LogP contribution in [0.2, 0.25) is 0 Å². The molecule has 0 heterocycles. The van der Waals surface area contributed by atoms with E-state index in [1.165, 1.54) is 19.1 Å². The third kappa shape index (κ3) is 6.31. The zero-order chi connectivity index (χ0) is 23.1. The summed E-state index contributed by atoms with van der Waals surface area (Å²) in [6.07, 6.45) is -4.71. The lowest BCUT2D eigenvalue weighted by molar-refractivity contribution is -0.137. The Balaban J connectivity index is 1.50. The Kier molecular flexibility index (Phi) is 7.09. The SMILES string of the molecule is C/C(CC(=O)Nc1cccc(C(F)(F)F)c1)=N\NC(=O)COc1cccc2ccccc12. The van der Waals surface area contributed by atoms with Crippen molar-refractivity contribution in [3.63, 3.8) is 0 Å². The summed E-state index contributed by atoms with van der Waals surface area (Å²) < 4.78 is 43.8. The molecule has 2 N–H and O–H groups in total. The molecule has 166 valence electrons. The Morgan fingerprint density at radius 2 is 1.69 bits per heavy atom. The highest BCUT2D eigenvalue weighted by Gasteiger charge is 2.30. The zero-order valence-electron chi connectivity index (χ0n) is 17.1. The molecule has 9 heteroatoms. The van der Waals surface area contributed by atoms with Crippen LogP contribution in [0, 0.1) is 0 Å². The molecule has 3 aromatic rings. The van der Waals surface area contributed by atoms with Gasteiger partial charge in [-0.25, -0.2) is 5.43 Å². The zero-order valence-corrected chi connectivity index (χ0v) is 17.1. The van der Waals surface area contributed by atoms with Gasteiger partial charge in [0.2, 0.25) is 5.91 Å². The quantitative estimate of drug-likeness (QED) is 0.408. The van der Waals surface area contributed by atoms with Crippen LogP contribution in [0.1, 0.15) is 18.9 Å². The van der Waals surface area contributed by atoms with E-state index >= 15 is 0 Å². The topological polar surface area (TPSA) is 79.8 Å². The number of halogens is 3. The minimum Gasteiger partial charge on any atom is -0.483 e. The number of amides is 2. The van der Waals surface area contributed by atoms with E-state index in [-0.39, 0.29) is 24.4 Å². The molecule has 32 heavy (non-hydrogen) atoms. The maximum atomic E-state index is 12.8. The van der Waals surface area contributed by atoms with Gasteiger partial charge in [0, 0.05) is 16.8 Å². The van der Waals surface area contributed by atoms with Crippen molar-refractivity contribution in [3.05, 3.63) is 72.3 Å². The standard InChI is InChI=1S/C23H20F3N3O3/c1-15(12-21(30)27-18-9-5-8-17(13-18)23(24,25)26)28-29-22(31)14-32-20-11-4-7-16-6-2-3-10-19(16)20/h2-11,13H,12,14H2,1H3,(H,27,30)(H,29,31)/b28-15+. The average molecular weight is 443 g/mol. The molecule has 0 unspecified atom stereocenters. The molecule has 0 saturated carbocycles. The van der Waals surface area contributed by atoms with Crippen molar-refractivity contribution in [3.8, 4) is 5.75 Å². The third-order valence-electron chi connectivity index (χ3n) is 4.37. The van der Waals surface area contributed by atoms with Crippen LogP contribution in [0.25, 0.3) is 10.8 Å². The van der Waals surface area contributed by atoms with Crippen LogP contribution in [0.5, 0.6) is 5.75 Å². The largest absolute Gasteiger partial charge is 0.483 e. The summed E-state index contributed by atoms with van der Waals surface area (Å²) in [6.45, 7) is 1.23. The summed E-state index contributed by atoms with van der Waals surface area (Å²) in [4.78, 5) is 24.1. The highest BCUT2D eigenvalue weighted by molar-refractivity contribution is 6.05. The van der Waals surface area contributed by atoms with Crippen molar-refractivity contribution in [1.29, 1.82) is 0 Å². The van der Waals surface area contributed by atoms with Gasteiger partial charge in [-0.15, -0.1) is 0 Å². The van der Waals surface area contributed by atoms with E-state index in [0.717, 1.165) is 22.9 Å². The molecule has 3 aromatic carbocycles. The molecule has 2 amide bonds. The van der Waals surface area contributed by atoms with Crippen molar-refractivity contribution in [2.24, 2.45) is 5.10 Å². The van der Waals surface area contributed by atoms with E-state index in [0.29, 0.717) is 5.75 Å². The molecule has 0 aliphatic rings. The van der Waals surface area contributed by atoms with Gasteiger partial charge in [-0.2, -0.15) is 18.3 Å². The average Bonchev–Trinajstić information content (AvgIpc) is 2.75. The lowest BCUT2D eigenvalue weighted by Gasteiger charge is -2.10. The van der Waals surface area contributed by atoms with Crippen LogP contribution >= 0.6 is 0 Å². The number of hydrazone groups is 1. The second-order valence-electron chi connectivity index (χ2n) is 6.95. The summed E-state index contributed by atoms with van der Waals surface area (Å²) in [6, 6.07) is 17.4. The predicted molar refractivity (Wildman–Crippen MR) is 115 cm³/mol. The maximum Gasteiger partial charge on any atom is 0.416 e. The van der Waals surface area contributed by atoms with Crippen LogP contribution in [-0.4, -0.2) is 24.1 Å². The molecule has 0 aliphatic carbocycles. The van der Waals surface area contributed by atoms with Gasteiger partial charge in [0.25, 0.3) is 5.91 Å². The molecule has 0 saturated heterocycles. The fraction of sp³-hybridized carbons (Fsp3) is 0.174. The number of carbonyl (C=O) groups excluding carboxylic acids is 2. The molecule has 6 nitrogen and oxygen atoms in total. The van der Waals surface area contributed by atoms with Crippen LogP contribution in [0.3, 0.4) is 0 Å².